The largest absolute Gasteiger partial charge is 0.326 e. The molecule has 106 valence electrons. The second kappa shape index (κ2) is 6.50. The molecule has 0 saturated heterocycles. The monoisotopic (exact) mass is 286 g/mol. The second-order valence-electron chi connectivity index (χ2n) is 4.18. The molecule has 7 nitrogen and oxygen atoms in total. The van der Waals surface area contributed by atoms with Gasteiger partial charge in [-0.25, -0.2) is 5.14 Å². The normalized spacial score (nSPS) is 12.8. The predicted octanol–water partition coefficient (Wildman–Crippen LogP) is 0.0960. The van der Waals surface area contributed by atoms with Crippen molar-refractivity contribution in [2.45, 2.75) is 6.92 Å². The Bertz CT molecular complexity index is 545. The fraction of sp³-hybridized carbons (Fsp3) is 0.364. The van der Waals surface area contributed by atoms with Crippen LogP contribution in [0.2, 0.25) is 0 Å². The number of amides is 1. The van der Waals surface area contributed by atoms with Crippen LogP contribution in [0.3, 0.4) is 0 Å². The maximum absolute atomic E-state index is 11.8. The summed E-state index contributed by atoms with van der Waals surface area (Å²) in [5, 5.41) is 10.5. The van der Waals surface area contributed by atoms with Crippen molar-refractivity contribution in [3.05, 3.63) is 24.3 Å². The highest BCUT2D eigenvalue weighted by molar-refractivity contribution is 7.90. The van der Waals surface area contributed by atoms with Gasteiger partial charge in [-0.2, -0.15) is 8.42 Å². The molecule has 0 heterocycles. The van der Waals surface area contributed by atoms with Crippen LogP contribution in [0.4, 0.5) is 11.4 Å². The first-order valence-electron chi connectivity index (χ1n) is 5.68. The number of anilines is 2. The lowest BCUT2D eigenvalue weighted by Crippen LogP contribution is -2.28. The molecule has 0 aliphatic heterocycles. The van der Waals surface area contributed by atoms with Crippen LogP contribution in [0.5, 0.6) is 0 Å². The van der Waals surface area contributed by atoms with Crippen LogP contribution >= 0.6 is 0 Å². The fourth-order valence-corrected chi connectivity index (χ4v) is 1.94. The topological polar surface area (TPSA) is 113 Å². The van der Waals surface area contributed by atoms with E-state index in [9.17, 15) is 13.2 Å². The van der Waals surface area contributed by atoms with Crippen LogP contribution < -0.4 is 20.5 Å². The van der Waals surface area contributed by atoms with E-state index in [2.05, 4.69) is 15.4 Å². The Kier molecular flexibility index (Phi) is 5.28. The van der Waals surface area contributed by atoms with Gasteiger partial charge in [0.1, 0.15) is 0 Å². The van der Waals surface area contributed by atoms with E-state index in [0.29, 0.717) is 17.9 Å². The lowest BCUT2D eigenvalue weighted by atomic mass is 10.1. The number of nitrogens with two attached hydrogens (primary N) is 1. The third-order valence-corrected chi connectivity index (χ3v) is 2.87. The third kappa shape index (κ3) is 5.69. The van der Waals surface area contributed by atoms with Crippen molar-refractivity contribution in [3.8, 4) is 0 Å². The number of hydrogen-bond acceptors (Lipinski definition) is 4. The minimum atomic E-state index is -3.82. The summed E-state index contributed by atoms with van der Waals surface area (Å²) >= 11 is 0. The van der Waals surface area contributed by atoms with Gasteiger partial charge in [0, 0.05) is 18.2 Å². The number of carbonyl (C=O) groups is 1. The van der Waals surface area contributed by atoms with Gasteiger partial charge in [-0.05, 0) is 25.2 Å². The zero-order valence-electron chi connectivity index (χ0n) is 10.8. The molecule has 1 atom stereocenters. The molecular weight excluding hydrogens is 268 g/mol. The molecule has 1 unspecified atom stereocenters. The molecule has 0 saturated carbocycles. The molecule has 0 aliphatic rings. The van der Waals surface area contributed by atoms with Crippen molar-refractivity contribution in [2.24, 2.45) is 11.1 Å². The quantitative estimate of drug-likeness (QED) is 0.593. The highest BCUT2D eigenvalue weighted by Crippen LogP contribution is 2.16. The average Bonchev–Trinajstić information content (AvgIpc) is 2.27. The van der Waals surface area contributed by atoms with Gasteiger partial charge in [0.25, 0.3) is 10.2 Å². The Morgan fingerprint density at radius 3 is 2.58 bits per heavy atom. The van der Waals surface area contributed by atoms with E-state index in [-0.39, 0.29) is 11.8 Å². The van der Waals surface area contributed by atoms with E-state index in [1.54, 1.807) is 26.1 Å². The molecule has 0 aromatic heterocycles. The Morgan fingerprint density at radius 1 is 1.37 bits per heavy atom. The van der Waals surface area contributed by atoms with Crippen molar-refractivity contribution in [1.29, 1.82) is 0 Å². The summed E-state index contributed by atoms with van der Waals surface area (Å²) in [6, 6.07) is 6.32. The molecule has 0 radical (unpaired) electrons. The van der Waals surface area contributed by atoms with Crippen molar-refractivity contribution in [2.75, 3.05) is 23.6 Å². The molecule has 8 heteroatoms. The zero-order chi connectivity index (χ0) is 14.5. The standard InChI is InChI=1S/C11H18N4O3S/c1-8(7-13-2)11(16)14-9-4-3-5-10(6-9)15-19(12,17)18/h3-6,8,13,15H,7H2,1-2H3,(H,14,16)(H2,12,17,18). The van der Waals surface area contributed by atoms with Crippen molar-refractivity contribution >= 4 is 27.5 Å². The molecule has 1 aromatic rings. The predicted molar refractivity (Wildman–Crippen MR) is 74.9 cm³/mol. The lowest BCUT2D eigenvalue weighted by molar-refractivity contribution is -0.119. The maximum atomic E-state index is 11.8. The Hall–Kier alpha value is -1.64. The summed E-state index contributed by atoms with van der Waals surface area (Å²) < 4.78 is 23.9. The number of carbonyl (C=O) groups excluding carboxylic acids is 1. The van der Waals surface area contributed by atoms with Crippen molar-refractivity contribution in [1.82, 2.24) is 5.32 Å². The lowest BCUT2D eigenvalue weighted by Gasteiger charge is -2.12. The number of nitrogens with one attached hydrogen (secondary N) is 3. The van der Waals surface area contributed by atoms with Gasteiger partial charge in [-0.1, -0.05) is 13.0 Å². The van der Waals surface area contributed by atoms with E-state index < -0.39 is 10.2 Å². The molecule has 0 bridgehead atoms. The van der Waals surface area contributed by atoms with Gasteiger partial charge in [0.2, 0.25) is 5.91 Å². The molecule has 1 rings (SSSR count). The summed E-state index contributed by atoms with van der Waals surface area (Å²) in [6.45, 7) is 2.35. The molecule has 0 spiro atoms. The van der Waals surface area contributed by atoms with Crippen LogP contribution in [-0.4, -0.2) is 27.9 Å². The SMILES string of the molecule is CNCC(C)C(=O)Nc1cccc(NS(N)(=O)=O)c1. The van der Waals surface area contributed by atoms with Crippen LogP contribution in [-0.2, 0) is 15.0 Å². The minimum Gasteiger partial charge on any atom is -0.326 e. The Labute approximate surface area is 112 Å². The molecule has 0 aliphatic carbocycles. The second-order valence-corrected chi connectivity index (χ2v) is 5.47. The van der Waals surface area contributed by atoms with E-state index in [1.165, 1.54) is 12.1 Å². The molecule has 5 N–H and O–H groups in total. The summed E-state index contributed by atoms with van der Waals surface area (Å²) in [6.07, 6.45) is 0. The highest BCUT2D eigenvalue weighted by Gasteiger charge is 2.12. The minimum absolute atomic E-state index is 0.151. The molecular formula is C11H18N4O3S. The van der Waals surface area contributed by atoms with Gasteiger partial charge in [0.15, 0.2) is 0 Å². The maximum Gasteiger partial charge on any atom is 0.296 e. The van der Waals surface area contributed by atoms with Crippen LogP contribution in [0.25, 0.3) is 0 Å². The van der Waals surface area contributed by atoms with Gasteiger partial charge in [0.05, 0.1) is 5.69 Å². The summed E-state index contributed by atoms with van der Waals surface area (Å²) in [5.74, 6) is -0.345. The van der Waals surface area contributed by atoms with E-state index in [0.717, 1.165) is 0 Å². The van der Waals surface area contributed by atoms with Gasteiger partial charge in [-0.15, -0.1) is 0 Å². The first-order chi connectivity index (χ1) is 8.81. The van der Waals surface area contributed by atoms with Crippen molar-refractivity contribution in [3.63, 3.8) is 0 Å². The van der Waals surface area contributed by atoms with Crippen LogP contribution in [0.15, 0.2) is 24.3 Å². The van der Waals surface area contributed by atoms with Gasteiger partial charge in [-0.3, -0.25) is 9.52 Å². The summed E-state index contributed by atoms with van der Waals surface area (Å²) in [7, 11) is -2.06. The average molecular weight is 286 g/mol. The van der Waals surface area contributed by atoms with Crippen LogP contribution in [0, 0.1) is 5.92 Å². The first kappa shape index (κ1) is 15.4. The molecule has 19 heavy (non-hydrogen) atoms. The van der Waals surface area contributed by atoms with Crippen molar-refractivity contribution < 1.29 is 13.2 Å². The number of hydrogen-bond donors (Lipinski definition) is 4. The molecule has 0 fully saturated rings. The first-order valence-corrected chi connectivity index (χ1v) is 7.22. The van der Waals surface area contributed by atoms with E-state index in [1.807, 2.05) is 0 Å². The summed E-state index contributed by atoms with van der Waals surface area (Å²) in [4.78, 5) is 11.8. The van der Waals surface area contributed by atoms with E-state index in [4.69, 9.17) is 5.14 Å². The van der Waals surface area contributed by atoms with Crippen LogP contribution in [0.1, 0.15) is 6.92 Å². The van der Waals surface area contributed by atoms with E-state index >= 15 is 0 Å². The zero-order valence-corrected chi connectivity index (χ0v) is 11.6. The fourth-order valence-electron chi connectivity index (χ4n) is 1.49. The number of benzene rings is 1. The highest BCUT2D eigenvalue weighted by atomic mass is 32.2. The Balaban J connectivity index is 2.75. The van der Waals surface area contributed by atoms with Gasteiger partial charge < -0.3 is 10.6 Å². The Morgan fingerprint density at radius 2 is 2.00 bits per heavy atom. The summed E-state index contributed by atoms with van der Waals surface area (Å²) in [5.41, 5.74) is 0.795. The molecule has 1 aromatic carbocycles. The smallest absolute Gasteiger partial charge is 0.296 e. The third-order valence-electron chi connectivity index (χ3n) is 2.35. The number of rotatable bonds is 6. The molecule has 1 amide bonds. The van der Waals surface area contributed by atoms with Gasteiger partial charge >= 0.3 is 0 Å².